The summed E-state index contributed by atoms with van der Waals surface area (Å²) in [5, 5.41) is 9.89. The summed E-state index contributed by atoms with van der Waals surface area (Å²) in [4.78, 5) is 29.0. The van der Waals surface area contributed by atoms with Crippen LogP contribution < -0.4 is 21.7 Å². The zero-order valence-corrected chi connectivity index (χ0v) is 24.7. The molecule has 3 aliphatic rings. The SMILES string of the molecule is Cl.Cl.NC1CCC(Nc2nc(NC3CCN(C(=O)Nc4ccccc4F)CC3)c3ncn(C4CCCC4)c3n2)CC1. The highest BCUT2D eigenvalue weighted by Crippen LogP contribution is 2.34. The van der Waals surface area contributed by atoms with Gasteiger partial charge in [-0.1, -0.05) is 25.0 Å². The number of piperidine rings is 1. The average Bonchev–Trinajstić information content (AvgIpc) is 3.62. The molecule has 0 unspecified atom stereocenters. The Bertz CT molecular complexity index is 1300. The van der Waals surface area contributed by atoms with Crippen molar-refractivity contribution in [1.82, 2.24) is 24.4 Å². The van der Waals surface area contributed by atoms with Gasteiger partial charge in [0.05, 0.1) is 12.0 Å². The smallest absolute Gasteiger partial charge is 0.321 e. The van der Waals surface area contributed by atoms with E-state index in [1.807, 2.05) is 6.33 Å². The number of likely N-dealkylation sites (tertiary alicyclic amines) is 1. The van der Waals surface area contributed by atoms with Crippen LogP contribution in [0.1, 0.15) is 70.3 Å². The van der Waals surface area contributed by atoms with Gasteiger partial charge in [0.2, 0.25) is 5.95 Å². The van der Waals surface area contributed by atoms with Crippen LogP contribution in [-0.4, -0.2) is 61.7 Å². The van der Waals surface area contributed by atoms with E-state index in [9.17, 15) is 9.18 Å². The molecule has 2 saturated carbocycles. The molecule has 2 amide bonds. The van der Waals surface area contributed by atoms with Crippen molar-refractivity contribution in [3.8, 4) is 0 Å². The minimum atomic E-state index is -0.437. The summed E-state index contributed by atoms with van der Waals surface area (Å²) in [6.07, 6.45) is 12.2. The number of amides is 2. The standard InChI is InChI=1S/C28H38FN9O.2ClH/c29-22-7-3-4-8-23(22)34-28(39)37-15-13-20(14-16-37)32-25-24-26(38(17-31-24)21-5-1-2-6-21)36-27(35-25)33-19-11-9-18(30)10-12-19;;/h3-4,7-8,17-21H,1-2,5-6,9-16,30H2,(H,34,39)(H2,32,33,35,36);2*1H. The molecule has 1 aromatic carbocycles. The molecule has 0 bridgehead atoms. The van der Waals surface area contributed by atoms with Crippen LogP contribution in [-0.2, 0) is 0 Å². The lowest BCUT2D eigenvalue weighted by Crippen LogP contribution is -2.44. The number of aromatic nitrogens is 4. The van der Waals surface area contributed by atoms with Gasteiger partial charge in [-0.15, -0.1) is 24.8 Å². The zero-order valence-electron chi connectivity index (χ0n) is 23.1. The maximum absolute atomic E-state index is 14.0. The fraction of sp³-hybridized carbons (Fsp3) is 0.571. The first-order valence-electron chi connectivity index (χ1n) is 14.4. The monoisotopic (exact) mass is 607 g/mol. The van der Waals surface area contributed by atoms with Crippen molar-refractivity contribution in [2.24, 2.45) is 5.73 Å². The van der Waals surface area contributed by atoms with Crippen molar-refractivity contribution < 1.29 is 9.18 Å². The highest BCUT2D eigenvalue weighted by atomic mass is 35.5. The predicted octanol–water partition coefficient (Wildman–Crippen LogP) is 5.71. The molecule has 3 aromatic rings. The van der Waals surface area contributed by atoms with Crippen molar-refractivity contribution >= 4 is 59.5 Å². The molecule has 13 heteroatoms. The number of carbonyl (C=O) groups excluding carboxylic acids is 1. The number of hydrogen-bond acceptors (Lipinski definition) is 7. The van der Waals surface area contributed by atoms with Gasteiger partial charge >= 0.3 is 6.03 Å². The molecule has 0 spiro atoms. The molecule has 2 aliphatic carbocycles. The van der Waals surface area contributed by atoms with Gasteiger partial charge in [-0.05, 0) is 63.5 Å². The van der Waals surface area contributed by atoms with Crippen molar-refractivity contribution in [3.63, 3.8) is 0 Å². The summed E-state index contributed by atoms with van der Waals surface area (Å²) >= 11 is 0. The van der Waals surface area contributed by atoms with E-state index in [4.69, 9.17) is 20.7 Å². The number of hydrogen-bond donors (Lipinski definition) is 4. The van der Waals surface area contributed by atoms with Crippen LogP contribution in [0.2, 0.25) is 0 Å². The van der Waals surface area contributed by atoms with Crippen LogP contribution in [0.3, 0.4) is 0 Å². The molecule has 0 radical (unpaired) electrons. The van der Waals surface area contributed by atoms with Gasteiger partial charge in [0.1, 0.15) is 5.82 Å². The van der Waals surface area contributed by atoms with Gasteiger partial charge in [0.15, 0.2) is 17.0 Å². The van der Waals surface area contributed by atoms with E-state index in [0.717, 1.165) is 68.3 Å². The fourth-order valence-corrected chi connectivity index (χ4v) is 6.15. The van der Waals surface area contributed by atoms with E-state index >= 15 is 0 Å². The van der Waals surface area contributed by atoms with Crippen molar-refractivity contribution in [2.75, 3.05) is 29.0 Å². The minimum Gasteiger partial charge on any atom is -0.365 e. The summed E-state index contributed by atoms with van der Waals surface area (Å²) in [6.45, 7) is 1.13. The molecule has 0 atom stereocenters. The van der Waals surface area contributed by atoms with E-state index < -0.39 is 5.82 Å². The van der Waals surface area contributed by atoms with Gasteiger partial charge in [0.25, 0.3) is 0 Å². The Kier molecular flexibility index (Phi) is 10.5. The summed E-state index contributed by atoms with van der Waals surface area (Å²) in [6, 6.07) is 7.10. The Morgan fingerprint density at radius 3 is 2.29 bits per heavy atom. The number of anilines is 3. The number of nitrogens with one attached hydrogen (secondary N) is 3. The fourth-order valence-electron chi connectivity index (χ4n) is 6.15. The first-order chi connectivity index (χ1) is 19.0. The van der Waals surface area contributed by atoms with E-state index in [-0.39, 0.29) is 48.6 Å². The van der Waals surface area contributed by atoms with Crippen LogP contribution in [0.4, 0.5) is 26.6 Å². The third-order valence-electron chi connectivity index (χ3n) is 8.48. The number of imidazole rings is 1. The average molecular weight is 609 g/mol. The van der Waals surface area contributed by atoms with E-state index in [1.165, 1.54) is 18.9 Å². The Morgan fingerprint density at radius 1 is 0.902 bits per heavy atom. The van der Waals surface area contributed by atoms with Gasteiger partial charge in [0, 0.05) is 37.3 Å². The van der Waals surface area contributed by atoms with E-state index in [2.05, 4.69) is 20.5 Å². The lowest BCUT2D eigenvalue weighted by atomic mass is 9.92. The van der Waals surface area contributed by atoms with Crippen molar-refractivity contribution in [2.45, 2.75) is 88.4 Å². The van der Waals surface area contributed by atoms with Gasteiger partial charge < -0.3 is 31.2 Å². The number of urea groups is 1. The molecule has 1 saturated heterocycles. The summed E-state index contributed by atoms with van der Waals surface area (Å²) in [5.74, 6) is 0.931. The van der Waals surface area contributed by atoms with Crippen LogP contribution in [0, 0.1) is 5.82 Å². The first-order valence-corrected chi connectivity index (χ1v) is 14.4. The molecule has 10 nitrogen and oxygen atoms in total. The van der Waals surface area contributed by atoms with Crippen LogP contribution in [0.15, 0.2) is 30.6 Å². The molecular formula is C28H40Cl2FN9O. The molecule has 6 rings (SSSR count). The molecule has 5 N–H and O–H groups in total. The molecular weight excluding hydrogens is 568 g/mol. The largest absolute Gasteiger partial charge is 0.365 e. The van der Waals surface area contributed by atoms with Crippen molar-refractivity contribution in [3.05, 3.63) is 36.4 Å². The quantitative estimate of drug-likeness (QED) is 0.282. The Labute approximate surface area is 252 Å². The molecule has 3 heterocycles. The normalized spacial score (nSPS) is 21.7. The molecule has 2 aromatic heterocycles. The number of nitrogens with zero attached hydrogens (tertiary/aromatic N) is 5. The third kappa shape index (κ3) is 7.13. The summed E-state index contributed by atoms with van der Waals surface area (Å²) in [5.41, 5.74) is 7.98. The number of para-hydroxylation sites is 1. The minimum absolute atomic E-state index is 0. The Hall–Kier alpha value is -2.89. The molecule has 1 aliphatic heterocycles. The van der Waals surface area contributed by atoms with Crippen LogP contribution >= 0.6 is 24.8 Å². The van der Waals surface area contributed by atoms with Crippen molar-refractivity contribution in [1.29, 1.82) is 0 Å². The maximum atomic E-state index is 14.0. The number of halogens is 3. The lowest BCUT2D eigenvalue weighted by Gasteiger charge is -2.32. The second-order valence-electron chi connectivity index (χ2n) is 11.2. The van der Waals surface area contributed by atoms with Crippen LogP contribution in [0.25, 0.3) is 11.2 Å². The predicted molar refractivity (Wildman–Crippen MR) is 165 cm³/mol. The summed E-state index contributed by atoms with van der Waals surface area (Å²) < 4.78 is 16.2. The third-order valence-corrected chi connectivity index (χ3v) is 8.48. The number of carbonyl (C=O) groups is 1. The first kappa shape index (κ1) is 31.1. The number of fused-ring (bicyclic) bond motifs is 1. The highest BCUT2D eigenvalue weighted by molar-refractivity contribution is 5.89. The molecule has 41 heavy (non-hydrogen) atoms. The van der Waals surface area contributed by atoms with Gasteiger partial charge in [-0.25, -0.2) is 14.2 Å². The van der Waals surface area contributed by atoms with Gasteiger partial charge in [-0.3, -0.25) is 0 Å². The second kappa shape index (κ2) is 13.8. The zero-order chi connectivity index (χ0) is 26.8. The number of benzene rings is 1. The van der Waals surface area contributed by atoms with Crippen LogP contribution in [0.5, 0.6) is 0 Å². The second-order valence-corrected chi connectivity index (χ2v) is 11.2. The van der Waals surface area contributed by atoms with Gasteiger partial charge in [-0.2, -0.15) is 9.97 Å². The van der Waals surface area contributed by atoms with E-state index in [0.29, 0.717) is 31.1 Å². The Morgan fingerprint density at radius 2 is 1.59 bits per heavy atom. The summed E-state index contributed by atoms with van der Waals surface area (Å²) in [7, 11) is 0. The lowest BCUT2D eigenvalue weighted by molar-refractivity contribution is 0.197. The maximum Gasteiger partial charge on any atom is 0.321 e. The molecule has 3 fully saturated rings. The highest BCUT2D eigenvalue weighted by Gasteiger charge is 2.27. The van der Waals surface area contributed by atoms with E-state index in [1.54, 1.807) is 23.1 Å². The molecule has 224 valence electrons. The topological polar surface area (TPSA) is 126 Å². The Balaban J connectivity index is 0.00000194. The number of rotatable bonds is 6. The number of nitrogens with two attached hydrogens (primary N) is 1.